The lowest BCUT2D eigenvalue weighted by Crippen LogP contribution is -2.18. The molecule has 0 spiro atoms. The van der Waals surface area contributed by atoms with Gasteiger partial charge >= 0.3 is 0 Å². The van der Waals surface area contributed by atoms with E-state index in [1.807, 2.05) is 30.3 Å². The first-order valence-corrected chi connectivity index (χ1v) is 5.56. The SMILES string of the molecule is NC(=S)Nc1ncc(-c2ccccc2)s1. The monoisotopic (exact) mass is 235 g/mol. The van der Waals surface area contributed by atoms with Crippen LogP contribution in [-0.2, 0) is 0 Å². The number of nitrogens with zero attached hydrogens (tertiary/aromatic N) is 1. The summed E-state index contributed by atoms with van der Waals surface area (Å²) >= 11 is 6.26. The Bertz CT molecular complexity index is 465. The Labute approximate surface area is 97.0 Å². The number of benzene rings is 1. The molecule has 15 heavy (non-hydrogen) atoms. The fourth-order valence-corrected chi connectivity index (χ4v) is 2.17. The van der Waals surface area contributed by atoms with Crippen LogP contribution in [0, 0.1) is 0 Å². The Kier molecular flexibility index (Phi) is 2.94. The van der Waals surface area contributed by atoms with Crippen LogP contribution in [0.3, 0.4) is 0 Å². The molecule has 0 aliphatic rings. The lowest BCUT2D eigenvalue weighted by molar-refractivity contribution is 1.41. The minimum Gasteiger partial charge on any atom is -0.376 e. The van der Waals surface area contributed by atoms with Gasteiger partial charge in [0.2, 0.25) is 0 Å². The highest BCUT2D eigenvalue weighted by Crippen LogP contribution is 2.28. The highest BCUT2D eigenvalue weighted by molar-refractivity contribution is 7.80. The third-order valence-electron chi connectivity index (χ3n) is 1.79. The van der Waals surface area contributed by atoms with E-state index < -0.39 is 0 Å². The summed E-state index contributed by atoms with van der Waals surface area (Å²) in [5.74, 6) is 0. The van der Waals surface area contributed by atoms with Gasteiger partial charge in [0, 0.05) is 6.20 Å². The Morgan fingerprint density at radius 2 is 2.07 bits per heavy atom. The molecule has 0 aliphatic heterocycles. The molecule has 0 saturated carbocycles. The molecule has 3 N–H and O–H groups in total. The molecule has 1 aromatic carbocycles. The Hall–Kier alpha value is -1.46. The molecule has 2 rings (SSSR count). The molecule has 0 bridgehead atoms. The van der Waals surface area contributed by atoms with Gasteiger partial charge in [-0.15, -0.1) is 0 Å². The lowest BCUT2D eigenvalue weighted by atomic mass is 10.2. The Morgan fingerprint density at radius 3 is 2.73 bits per heavy atom. The summed E-state index contributed by atoms with van der Waals surface area (Å²) in [5, 5.41) is 3.77. The quantitative estimate of drug-likeness (QED) is 0.785. The summed E-state index contributed by atoms with van der Waals surface area (Å²) in [6.45, 7) is 0. The van der Waals surface area contributed by atoms with E-state index in [4.69, 9.17) is 18.0 Å². The van der Waals surface area contributed by atoms with Crippen LogP contribution in [0.5, 0.6) is 0 Å². The van der Waals surface area contributed by atoms with Crippen LogP contribution >= 0.6 is 23.6 Å². The maximum Gasteiger partial charge on any atom is 0.189 e. The molecule has 0 saturated heterocycles. The summed E-state index contributed by atoms with van der Waals surface area (Å²) in [5.41, 5.74) is 6.50. The van der Waals surface area contributed by atoms with Crippen LogP contribution in [0.2, 0.25) is 0 Å². The molecule has 76 valence electrons. The third kappa shape index (κ3) is 2.51. The Morgan fingerprint density at radius 1 is 1.33 bits per heavy atom. The summed E-state index contributed by atoms with van der Waals surface area (Å²) in [6.07, 6.45) is 1.81. The van der Waals surface area contributed by atoms with Crippen molar-refractivity contribution in [1.29, 1.82) is 0 Å². The molecule has 0 radical (unpaired) electrons. The highest BCUT2D eigenvalue weighted by atomic mass is 32.1. The van der Waals surface area contributed by atoms with E-state index in [2.05, 4.69) is 10.3 Å². The molecule has 0 atom stereocenters. The minimum atomic E-state index is 0.240. The zero-order valence-electron chi connectivity index (χ0n) is 7.81. The van der Waals surface area contributed by atoms with Gasteiger partial charge < -0.3 is 11.1 Å². The number of hydrogen-bond donors (Lipinski definition) is 2. The Balaban J connectivity index is 2.24. The molecule has 5 heteroatoms. The second-order valence-corrected chi connectivity index (χ2v) is 4.36. The first-order chi connectivity index (χ1) is 7.25. The van der Waals surface area contributed by atoms with Crippen molar-refractivity contribution in [1.82, 2.24) is 4.98 Å². The van der Waals surface area contributed by atoms with E-state index >= 15 is 0 Å². The third-order valence-corrected chi connectivity index (χ3v) is 2.86. The topological polar surface area (TPSA) is 50.9 Å². The van der Waals surface area contributed by atoms with Crippen LogP contribution in [0.1, 0.15) is 0 Å². The first kappa shape index (κ1) is 10.1. The van der Waals surface area contributed by atoms with Crippen molar-refractivity contribution in [3.63, 3.8) is 0 Å². The number of hydrogen-bond acceptors (Lipinski definition) is 3. The average Bonchev–Trinajstić information content (AvgIpc) is 2.67. The molecular formula is C10H9N3S2. The number of nitrogens with two attached hydrogens (primary N) is 1. The van der Waals surface area contributed by atoms with Gasteiger partial charge in [0.25, 0.3) is 0 Å². The summed E-state index contributed by atoms with van der Waals surface area (Å²) in [6, 6.07) is 10.1. The zero-order valence-corrected chi connectivity index (χ0v) is 9.44. The van der Waals surface area contributed by atoms with Crippen molar-refractivity contribution in [3.8, 4) is 10.4 Å². The van der Waals surface area contributed by atoms with Crippen LogP contribution in [0.25, 0.3) is 10.4 Å². The largest absolute Gasteiger partial charge is 0.376 e. The predicted octanol–water partition coefficient (Wildman–Crippen LogP) is 2.47. The van der Waals surface area contributed by atoms with Gasteiger partial charge in [-0.25, -0.2) is 4.98 Å². The van der Waals surface area contributed by atoms with Gasteiger partial charge in [-0.3, -0.25) is 0 Å². The normalized spacial score (nSPS) is 9.87. The highest BCUT2D eigenvalue weighted by Gasteiger charge is 2.03. The fourth-order valence-electron chi connectivity index (χ4n) is 1.17. The fraction of sp³-hybridized carbons (Fsp3) is 0. The molecule has 0 fully saturated rings. The van der Waals surface area contributed by atoms with Crippen molar-refractivity contribution in [2.45, 2.75) is 0 Å². The van der Waals surface area contributed by atoms with Crippen molar-refractivity contribution in [2.75, 3.05) is 5.32 Å². The molecule has 1 aromatic heterocycles. The molecule has 3 nitrogen and oxygen atoms in total. The molecular weight excluding hydrogens is 226 g/mol. The van der Waals surface area contributed by atoms with E-state index in [0.29, 0.717) is 0 Å². The maximum absolute atomic E-state index is 5.36. The van der Waals surface area contributed by atoms with E-state index in [1.165, 1.54) is 11.3 Å². The average molecular weight is 235 g/mol. The van der Waals surface area contributed by atoms with Gasteiger partial charge in [-0.05, 0) is 17.8 Å². The molecule has 0 unspecified atom stereocenters. The van der Waals surface area contributed by atoms with Crippen LogP contribution in [-0.4, -0.2) is 10.1 Å². The number of rotatable bonds is 2. The number of anilines is 1. The lowest BCUT2D eigenvalue weighted by Gasteiger charge is -1.96. The van der Waals surface area contributed by atoms with E-state index in [0.717, 1.165) is 15.6 Å². The first-order valence-electron chi connectivity index (χ1n) is 4.33. The van der Waals surface area contributed by atoms with Crippen molar-refractivity contribution in [2.24, 2.45) is 5.73 Å². The van der Waals surface area contributed by atoms with Crippen molar-refractivity contribution >= 4 is 33.8 Å². The van der Waals surface area contributed by atoms with Crippen molar-refractivity contribution < 1.29 is 0 Å². The molecule has 1 heterocycles. The van der Waals surface area contributed by atoms with E-state index in [-0.39, 0.29) is 5.11 Å². The zero-order chi connectivity index (χ0) is 10.7. The summed E-state index contributed by atoms with van der Waals surface area (Å²) in [7, 11) is 0. The van der Waals surface area contributed by atoms with Gasteiger partial charge in [-0.1, -0.05) is 41.7 Å². The van der Waals surface area contributed by atoms with Crippen molar-refractivity contribution in [3.05, 3.63) is 36.5 Å². The smallest absolute Gasteiger partial charge is 0.189 e. The van der Waals surface area contributed by atoms with Gasteiger partial charge in [-0.2, -0.15) is 0 Å². The van der Waals surface area contributed by atoms with Gasteiger partial charge in [0.1, 0.15) is 0 Å². The number of nitrogens with one attached hydrogen (secondary N) is 1. The summed E-state index contributed by atoms with van der Waals surface area (Å²) in [4.78, 5) is 5.26. The number of aromatic nitrogens is 1. The molecule has 0 amide bonds. The van der Waals surface area contributed by atoms with Gasteiger partial charge in [0.15, 0.2) is 10.2 Å². The second-order valence-electron chi connectivity index (χ2n) is 2.88. The van der Waals surface area contributed by atoms with Gasteiger partial charge in [0.05, 0.1) is 4.88 Å². The summed E-state index contributed by atoms with van der Waals surface area (Å²) < 4.78 is 0. The molecule has 0 aliphatic carbocycles. The van der Waals surface area contributed by atoms with Crippen LogP contribution < -0.4 is 11.1 Å². The number of thiocarbonyl (C=S) groups is 1. The number of thiazole rings is 1. The maximum atomic E-state index is 5.36. The predicted molar refractivity (Wildman–Crippen MR) is 68.0 cm³/mol. The van der Waals surface area contributed by atoms with Crippen LogP contribution in [0.4, 0.5) is 5.13 Å². The standard InChI is InChI=1S/C10H9N3S2/c11-9(14)13-10-12-6-8(15-10)7-4-2-1-3-5-7/h1-6H,(H3,11,12,13,14). The second kappa shape index (κ2) is 4.37. The van der Waals surface area contributed by atoms with Crippen LogP contribution in [0.15, 0.2) is 36.5 Å². The van der Waals surface area contributed by atoms with E-state index in [1.54, 1.807) is 6.20 Å². The molecule has 2 aromatic rings. The van der Waals surface area contributed by atoms with E-state index in [9.17, 15) is 0 Å². The minimum absolute atomic E-state index is 0.240.